The third-order valence-corrected chi connectivity index (χ3v) is 6.45. The molecule has 2 aliphatic rings. The molecule has 2 aromatic rings. The minimum Gasteiger partial charge on any atom is -0.444 e. The highest BCUT2D eigenvalue weighted by molar-refractivity contribution is 6.00. The van der Waals surface area contributed by atoms with Crippen molar-refractivity contribution in [3.05, 3.63) is 34.2 Å². The van der Waals surface area contributed by atoms with Gasteiger partial charge in [0.1, 0.15) is 17.8 Å². The first kappa shape index (κ1) is 24.0. The van der Waals surface area contributed by atoms with Crippen LogP contribution >= 0.6 is 0 Å². The highest BCUT2D eigenvalue weighted by Gasteiger charge is 2.36. The molecule has 0 aliphatic carbocycles. The Hall–Kier alpha value is -3.17. The van der Waals surface area contributed by atoms with Crippen molar-refractivity contribution in [2.45, 2.75) is 77.2 Å². The van der Waals surface area contributed by atoms with Crippen LogP contribution in [-0.2, 0) is 20.9 Å². The molecule has 0 saturated carbocycles. The zero-order valence-electron chi connectivity index (χ0n) is 20.0. The van der Waals surface area contributed by atoms with Crippen LogP contribution in [-0.4, -0.2) is 56.8 Å². The normalized spacial score (nSPS) is 23.8. The molecule has 1 N–H and O–H groups in total. The SMILES string of the molecule is CCn1c(=O)n(C2CCC(=O)NC2=O)c2ccc([C@H]3CCN(C(=O)OC(C)(C)C)C[C@@H]3F)cc21. The first-order valence-electron chi connectivity index (χ1n) is 11.7. The molecular weight excluding hydrogens is 443 g/mol. The Morgan fingerprint density at radius 2 is 1.91 bits per heavy atom. The lowest BCUT2D eigenvalue weighted by molar-refractivity contribution is -0.135. The Morgan fingerprint density at radius 1 is 1.18 bits per heavy atom. The number of nitrogens with zero attached hydrogens (tertiary/aromatic N) is 3. The number of carbonyl (C=O) groups excluding carboxylic acids is 3. The molecule has 9 nitrogen and oxygen atoms in total. The molecule has 2 saturated heterocycles. The van der Waals surface area contributed by atoms with Gasteiger partial charge < -0.3 is 9.64 Å². The number of benzene rings is 1. The van der Waals surface area contributed by atoms with Crippen molar-refractivity contribution in [2.24, 2.45) is 0 Å². The predicted octanol–water partition coefficient (Wildman–Crippen LogP) is 2.86. The molecule has 1 aromatic heterocycles. The summed E-state index contributed by atoms with van der Waals surface area (Å²) in [5.41, 5.74) is 0.958. The van der Waals surface area contributed by atoms with E-state index in [9.17, 15) is 19.2 Å². The smallest absolute Gasteiger partial charge is 0.410 e. The molecule has 1 unspecified atom stereocenters. The quantitative estimate of drug-likeness (QED) is 0.689. The first-order valence-corrected chi connectivity index (χ1v) is 11.7. The number of aryl methyl sites for hydroxylation is 1. The molecular formula is C24H31FN4O5. The number of likely N-dealkylation sites (tertiary alicyclic amines) is 1. The van der Waals surface area contributed by atoms with Gasteiger partial charge in [0.05, 0.1) is 17.6 Å². The number of imide groups is 1. The van der Waals surface area contributed by atoms with E-state index in [-0.39, 0.29) is 31.0 Å². The van der Waals surface area contributed by atoms with Gasteiger partial charge >= 0.3 is 11.8 Å². The van der Waals surface area contributed by atoms with Crippen molar-refractivity contribution >= 4 is 28.9 Å². The van der Waals surface area contributed by atoms with Crippen LogP contribution in [0.3, 0.4) is 0 Å². The average Bonchev–Trinajstić information content (AvgIpc) is 3.03. The van der Waals surface area contributed by atoms with Crippen LogP contribution < -0.4 is 11.0 Å². The molecule has 0 radical (unpaired) electrons. The second-order valence-corrected chi connectivity index (χ2v) is 9.95. The lowest BCUT2D eigenvalue weighted by Crippen LogP contribution is -2.46. The average molecular weight is 475 g/mol. The summed E-state index contributed by atoms with van der Waals surface area (Å²) in [6.45, 7) is 7.84. The Labute approximate surface area is 196 Å². The largest absolute Gasteiger partial charge is 0.444 e. The van der Waals surface area contributed by atoms with E-state index in [0.29, 0.717) is 30.5 Å². The van der Waals surface area contributed by atoms with Crippen LogP contribution in [0.15, 0.2) is 23.0 Å². The number of hydrogen-bond donors (Lipinski definition) is 1. The van der Waals surface area contributed by atoms with Crippen LogP contribution in [0.4, 0.5) is 9.18 Å². The number of fused-ring (bicyclic) bond motifs is 1. The van der Waals surface area contributed by atoms with Gasteiger partial charge in [-0.15, -0.1) is 0 Å². The number of amides is 3. The molecule has 4 rings (SSSR count). The molecule has 3 heterocycles. The number of ether oxygens (including phenoxy) is 1. The second-order valence-electron chi connectivity index (χ2n) is 9.95. The molecule has 10 heteroatoms. The van der Waals surface area contributed by atoms with Gasteiger partial charge in [0.15, 0.2) is 0 Å². The molecule has 3 atom stereocenters. The number of alkyl halides is 1. The molecule has 1 aromatic carbocycles. The number of rotatable bonds is 3. The summed E-state index contributed by atoms with van der Waals surface area (Å²) >= 11 is 0. The van der Waals surface area contributed by atoms with Crippen LogP contribution in [0.25, 0.3) is 11.0 Å². The van der Waals surface area contributed by atoms with Crippen LogP contribution in [0.2, 0.25) is 0 Å². The zero-order valence-corrected chi connectivity index (χ0v) is 20.0. The zero-order chi connectivity index (χ0) is 24.8. The topological polar surface area (TPSA) is 103 Å². The van der Waals surface area contributed by atoms with Crippen LogP contribution in [0.1, 0.15) is 64.5 Å². The van der Waals surface area contributed by atoms with Crippen molar-refractivity contribution in [2.75, 3.05) is 13.1 Å². The minimum absolute atomic E-state index is 0.0600. The highest BCUT2D eigenvalue weighted by Crippen LogP contribution is 2.33. The van der Waals surface area contributed by atoms with Crippen molar-refractivity contribution in [3.63, 3.8) is 0 Å². The standard InChI is InChI=1S/C24H31FN4O5/c1-5-28-19-12-14(15-10-11-27(13-16(15)25)23(33)34-24(2,3)4)6-7-17(19)29(22(28)32)18-8-9-20(30)26-21(18)31/h6-7,12,15-16,18H,5,8-11,13H2,1-4H3,(H,26,30,31)/t15-,16+,18?/m1/s1. The van der Waals surface area contributed by atoms with Gasteiger partial charge in [-0.2, -0.15) is 0 Å². The third-order valence-electron chi connectivity index (χ3n) is 6.45. The predicted molar refractivity (Wildman–Crippen MR) is 123 cm³/mol. The summed E-state index contributed by atoms with van der Waals surface area (Å²) < 4.78 is 23.6. The number of hydrogen-bond acceptors (Lipinski definition) is 5. The number of imidazole rings is 1. The molecule has 3 amide bonds. The van der Waals surface area contributed by atoms with Gasteiger partial charge in [-0.05, 0) is 58.2 Å². The van der Waals surface area contributed by atoms with Crippen molar-refractivity contribution < 1.29 is 23.5 Å². The summed E-state index contributed by atoms with van der Waals surface area (Å²) in [5.74, 6) is -1.26. The molecule has 2 aliphatic heterocycles. The maximum absolute atomic E-state index is 15.2. The number of aromatic nitrogens is 2. The number of nitrogens with one attached hydrogen (secondary N) is 1. The van der Waals surface area contributed by atoms with Gasteiger partial charge in [0, 0.05) is 25.4 Å². The van der Waals surface area contributed by atoms with Gasteiger partial charge in [-0.3, -0.25) is 24.0 Å². The lowest BCUT2D eigenvalue weighted by atomic mass is 9.88. The maximum Gasteiger partial charge on any atom is 0.410 e. The van der Waals surface area contributed by atoms with E-state index in [0.717, 1.165) is 5.56 Å². The van der Waals surface area contributed by atoms with E-state index in [4.69, 9.17) is 4.74 Å². The molecule has 0 spiro atoms. The number of halogens is 1. The molecule has 34 heavy (non-hydrogen) atoms. The first-order chi connectivity index (χ1) is 16.0. The fraction of sp³-hybridized carbons (Fsp3) is 0.583. The van der Waals surface area contributed by atoms with E-state index in [1.807, 2.05) is 13.0 Å². The summed E-state index contributed by atoms with van der Waals surface area (Å²) in [4.78, 5) is 50.9. The van der Waals surface area contributed by atoms with Crippen molar-refractivity contribution in [3.8, 4) is 0 Å². The van der Waals surface area contributed by atoms with E-state index in [2.05, 4.69) is 5.32 Å². The Bertz CT molecular complexity index is 1190. The fourth-order valence-corrected chi connectivity index (χ4v) is 4.84. The number of piperidine rings is 2. The van der Waals surface area contributed by atoms with Crippen LogP contribution in [0, 0.1) is 0 Å². The third kappa shape index (κ3) is 4.45. The van der Waals surface area contributed by atoms with Crippen molar-refractivity contribution in [1.29, 1.82) is 0 Å². The van der Waals surface area contributed by atoms with Gasteiger partial charge in [-0.1, -0.05) is 6.07 Å². The van der Waals surface area contributed by atoms with Gasteiger partial charge in [-0.25, -0.2) is 14.0 Å². The van der Waals surface area contributed by atoms with Gasteiger partial charge in [0.2, 0.25) is 11.8 Å². The molecule has 184 valence electrons. The van der Waals surface area contributed by atoms with E-state index < -0.39 is 35.7 Å². The minimum atomic E-state index is -1.28. The van der Waals surface area contributed by atoms with E-state index in [1.54, 1.807) is 37.5 Å². The Morgan fingerprint density at radius 3 is 2.53 bits per heavy atom. The number of carbonyl (C=O) groups is 3. The van der Waals surface area contributed by atoms with Crippen LogP contribution in [0.5, 0.6) is 0 Å². The second kappa shape index (κ2) is 8.88. The molecule has 2 fully saturated rings. The van der Waals surface area contributed by atoms with E-state index >= 15 is 4.39 Å². The summed E-state index contributed by atoms with van der Waals surface area (Å²) in [7, 11) is 0. The molecule has 0 bridgehead atoms. The summed E-state index contributed by atoms with van der Waals surface area (Å²) in [6.07, 6.45) is -0.955. The van der Waals surface area contributed by atoms with E-state index in [1.165, 1.54) is 9.47 Å². The summed E-state index contributed by atoms with van der Waals surface area (Å²) in [6, 6.07) is 4.57. The lowest BCUT2D eigenvalue weighted by Gasteiger charge is -2.35. The van der Waals surface area contributed by atoms with Crippen molar-refractivity contribution in [1.82, 2.24) is 19.4 Å². The van der Waals surface area contributed by atoms with Gasteiger partial charge in [0.25, 0.3) is 0 Å². The highest BCUT2D eigenvalue weighted by atomic mass is 19.1. The maximum atomic E-state index is 15.2. The summed E-state index contributed by atoms with van der Waals surface area (Å²) in [5, 5.41) is 2.30. The Kier molecular flexibility index (Phi) is 6.26. The monoisotopic (exact) mass is 474 g/mol. The Balaban J connectivity index is 1.62. The fourth-order valence-electron chi connectivity index (χ4n) is 4.84.